The van der Waals surface area contributed by atoms with Gasteiger partial charge in [-0.05, 0) is 33.6 Å². The van der Waals surface area contributed by atoms with Crippen LogP contribution in [0.15, 0.2) is 0 Å². The second-order valence-corrected chi connectivity index (χ2v) is 4.18. The van der Waals surface area contributed by atoms with Gasteiger partial charge in [-0.25, -0.2) is 4.98 Å². The quantitative estimate of drug-likeness (QED) is 0.756. The van der Waals surface area contributed by atoms with Crippen LogP contribution >= 0.6 is 0 Å². The highest BCUT2D eigenvalue weighted by atomic mass is 15.2. The van der Waals surface area contributed by atoms with Gasteiger partial charge in [0.25, 0.3) is 0 Å². The van der Waals surface area contributed by atoms with Gasteiger partial charge in [0.05, 0.1) is 5.69 Å². The van der Waals surface area contributed by atoms with Crippen molar-refractivity contribution in [2.24, 2.45) is 0 Å². The SMILES string of the molecule is Cc1nc(C2CC2)n(C(C)C)c1N. The minimum absolute atomic E-state index is 0.428. The molecule has 13 heavy (non-hydrogen) atoms. The number of nitrogen functional groups attached to an aromatic ring is 1. The van der Waals surface area contributed by atoms with Gasteiger partial charge >= 0.3 is 0 Å². The highest BCUT2D eigenvalue weighted by molar-refractivity contribution is 5.39. The average Bonchev–Trinajstić information content (AvgIpc) is 2.80. The van der Waals surface area contributed by atoms with Gasteiger partial charge in [-0.3, -0.25) is 0 Å². The van der Waals surface area contributed by atoms with Crippen LogP contribution in [0, 0.1) is 6.92 Å². The van der Waals surface area contributed by atoms with Gasteiger partial charge in [-0.1, -0.05) is 0 Å². The molecule has 0 aliphatic heterocycles. The van der Waals surface area contributed by atoms with Crippen molar-refractivity contribution in [3.05, 3.63) is 11.5 Å². The third-order valence-corrected chi connectivity index (χ3v) is 2.62. The lowest BCUT2D eigenvalue weighted by Gasteiger charge is -2.12. The van der Waals surface area contributed by atoms with Gasteiger partial charge in [0, 0.05) is 12.0 Å². The van der Waals surface area contributed by atoms with E-state index in [0.717, 1.165) is 11.5 Å². The molecule has 1 aromatic rings. The fraction of sp³-hybridized carbons (Fsp3) is 0.700. The molecule has 1 fully saturated rings. The number of hydrogen-bond donors (Lipinski definition) is 1. The van der Waals surface area contributed by atoms with Crippen molar-refractivity contribution in [3.8, 4) is 0 Å². The van der Waals surface area contributed by atoms with E-state index in [1.54, 1.807) is 0 Å². The monoisotopic (exact) mass is 179 g/mol. The van der Waals surface area contributed by atoms with Crippen LogP contribution < -0.4 is 5.73 Å². The Balaban J connectivity index is 2.47. The zero-order valence-corrected chi connectivity index (χ0v) is 8.54. The Labute approximate surface area is 79.0 Å². The molecule has 1 aromatic heterocycles. The van der Waals surface area contributed by atoms with Crippen LogP contribution in [0.25, 0.3) is 0 Å². The normalized spacial score (nSPS) is 16.9. The molecule has 2 rings (SSSR count). The number of anilines is 1. The van der Waals surface area contributed by atoms with E-state index >= 15 is 0 Å². The molecular formula is C10H17N3. The molecule has 0 atom stereocenters. The minimum atomic E-state index is 0.428. The van der Waals surface area contributed by atoms with E-state index in [9.17, 15) is 0 Å². The van der Waals surface area contributed by atoms with E-state index < -0.39 is 0 Å². The summed E-state index contributed by atoms with van der Waals surface area (Å²) in [6.07, 6.45) is 2.56. The molecule has 0 aromatic carbocycles. The molecule has 3 nitrogen and oxygen atoms in total. The van der Waals surface area contributed by atoms with E-state index in [-0.39, 0.29) is 0 Å². The predicted molar refractivity (Wildman–Crippen MR) is 53.7 cm³/mol. The van der Waals surface area contributed by atoms with Gasteiger partial charge in [0.1, 0.15) is 11.6 Å². The van der Waals surface area contributed by atoms with Crippen molar-refractivity contribution < 1.29 is 0 Å². The van der Waals surface area contributed by atoms with E-state index in [0.29, 0.717) is 12.0 Å². The van der Waals surface area contributed by atoms with Crippen molar-refractivity contribution >= 4 is 5.82 Å². The fourth-order valence-electron chi connectivity index (χ4n) is 1.75. The van der Waals surface area contributed by atoms with E-state index in [1.165, 1.54) is 18.7 Å². The van der Waals surface area contributed by atoms with Gasteiger partial charge in [0.15, 0.2) is 0 Å². The van der Waals surface area contributed by atoms with Gasteiger partial charge in [0.2, 0.25) is 0 Å². The summed E-state index contributed by atoms with van der Waals surface area (Å²) in [5.74, 6) is 2.72. The number of hydrogen-bond acceptors (Lipinski definition) is 2. The summed E-state index contributed by atoms with van der Waals surface area (Å²) >= 11 is 0. The van der Waals surface area contributed by atoms with Crippen LogP contribution in [0.2, 0.25) is 0 Å². The fourth-order valence-corrected chi connectivity index (χ4v) is 1.75. The number of imidazole rings is 1. The first kappa shape index (κ1) is 8.60. The van der Waals surface area contributed by atoms with Gasteiger partial charge < -0.3 is 10.3 Å². The summed E-state index contributed by atoms with van der Waals surface area (Å²) in [6.45, 7) is 6.30. The highest BCUT2D eigenvalue weighted by Gasteiger charge is 2.30. The molecule has 0 bridgehead atoms. The molecule has 1 aliphatic rings. The number of rotatable bonds is 2. The minimum Gasteiger partial charge on any atom is -0.384 e. The number of aromatic nitrogens is 2. The van der Waals surface area contributed by atoms with E-state index in [2.05, 4.69) is 23.4 Å². The van der Waals surface area contributed by atoms with Crippen LogP contribution in [0.4, 0.5) is 5.82 Å². The first-order valence-corrected chi connectivity index (χ1v) is 4.95. The molecule has 0 spiro atoms. The van der Waals surface area contributed by atoms with Crippen molar-refractivity contribution in [2.75, 3.05) is 5.73 Å². The van der Waals surface area contributed by atoms with E-state index in [1.807, 2.05) is 6.92 Å². The number of aryl methyl sites for hydroxylation is 1. The van der Waals surface area contributed by atoms with Crippen LogP contribution in [0.1, 0.15) is 50.2 Å². The van der Waals surface area contributed by atoms with Crippen LogP contribution in [0.3, 0.4) is 0 Å². The summed E-state index contributed by atoms with van der Waals surface area (Å²) in [5.41, 5.74) is 6.95. The Morgan fingerprint density at radius 3 is 2.54 bits per heavy atom. The maximum atomic E-state index is 5.97. The molecule has 1 aliphatic carbocycles. The second-order valence-electron chi connectivity index (χ2n) is 4.18. The van der Waals surface area contributed by atoms with Crippen molar-refractivity contribution in [1.29, 1.82) is 0 Å². The Hall–Kier alpha value is -0.990. The zero-order valence-electron chi connectivity index (χ0n) is 8.54. The predicted octanol–water partition coefficient (Wildman–Crippen LogP) is 2.23. The molecule has 3 heteroatoms. The summed E-state index contributed by atoms with van der Waals surface area (Å²) < 4.78 is 2.17. The zero-order chi connectivity index (χ0) is 9.59. The van der Waals surface area contributed by atoms with Crippen LogP contribution in [0.5, 0.6) is 0 Å². The third-order valence-electron chi connectivity index (χ3n) is 2.62. The first-order valence-electron chi connectivity index (χ1n) is 4.95. The molecule has 1 saturated carbocycles. The molecular weight excluding hydrogens is 162 g/mol. The Bertz CT molecular complexity index is 321. The Morgan fingerprint density at radius 2 is 2.08 bits per heavy atom. The second kappa shape index (κ2) is 2.76. The lowest BCUT2D eigenvalue weighted by atomic mass is 10.3. The highest BCUT2D eigenvalue weighted by Crippen LogP contribution is 2.41. The molecule has 0 amide bonds. The van der Waals surface area contributed by atoms with Gasteiger partial charge in [-0.15, -0.1) is 0 Å². The van der Waals surface area contributed by atoms with Gasteiger partial charge in [-0.2, -0.15) is 0 Å². The lowest BCUT2D eigenvalue weighted by Crippen LogP contribution is -2.08. The van der Waals surface area contributed by atoms with Crippen molar-refractivity contribution in [1.82, 2.24) is 9.55 Å². The summed E-state index contributed by atoms with van der Waals surface area (Å²) in [7, 11) is 0. The van der Waals surface area contributed by atoms with E-state index in [4.69, 9.17) is 5.73 Å². The first-order chi connectivity index (χ1) is 6.11. The summed E-state index contributed by atoms with van der Waals surface area (Å²) in [4.78, 5) is 4.53. The van der Waals surface area contributed by atoms with Crippen molar-refractivity contribution in [2.45, 2.75) is 45.6 Å². The van der Waals surface area contributed by atoms with Crippen molar-refractivity contribution in [3.63, 3.8) is 0 Å². The van der Waals surface area contributed by atoms with Crippen LogP contribution in [-0.4, -0.2) is 9.55 Å². The smallest absolute Gasteiger partial charge is 0.126 e. The Morgan fingerprint density at radius 1 is 1.46 bits per heavy atom. The molecule has 0 radical (unpaired) electrons. The number of nitrogens with zero attached hydrogens (tertiary/aromatic N) is 2. The third kappa shape index (κ3) is 1.32. The largest absolute Gasteiger partial charge is 0.384 e. The molecule has 0 unspecified atom stereocenters. The standard InChI is InChI=1S/C10H17N3/c1-6(2)13-9(11)7(3)12-10(13)8-4-5-8/h6,8H,4-5,11H2,1-3H3. The Kier molecular flexibility index (Phi) is 1.82. The number of nitrogens with two attached hydrogens (primary N) is 1. The molecule has 1 heterocycles. The molecule has 72 valence electrons. The maximum absolute atomic E-state index is 5.97. The lowest BCUT2D eigenvalue weighted by molar-refractivity contribution is 0.576. The van der Waals surface area contributed by atoms with Crippen LogP contribution in [-0.2, 0) is 0 Å². The maximum Gasteiger partial charge on any atom is 0.126 e. The average molecular weight is 179 g/mol. The molecule has 0 saturated heterocycles. The topological polar surface area (TPSA) is 43.8 Å². The summed E-state index contributed by atoms with van der Waals surface area (Å²) in [5, 5.41) is 0. The summed E-state index contributed by atoms with van der Waals surface area (Å²) in [6, 6.07) is 0.428. The molecule has 2 N–H and O–H groups in total.